The molecule has 4 heterocycles. The van der Waals surface area contributed by atoms with E-state index < -0.39 is 5.82 Å². The Labute approximate surface area is 216 Å². The van der Waals surface area contributed by atoms with Crippen molar-refractivity contribution < 1.29 is 13.9 Å². The van der Waals surface area contributed by atoms with Crippen molar-refractivity contribution in [2.45, 2.75) is 46.3 Å². The molecule has 2 aliphatic heterocycles. The first-order valence-corrected chi connectivity index (χ1v) is 12.7. The molecular weight excluding hydrogens is 471 g/mol. The SMILES string of the molecule is CC.CCN(CC1CCCO1)c1ccc(Nc2cc(-c3c(F)cccc3C#N)nc3c2C(=O)NC3)nc1. The van der Waals surface area contributed by atoms with Crippen LogP contribution in [0.15, 0.2) is 42.6 Å². The van der Waals surface area contributed by atoms with Crippen LogP contribution in [-0.2, 0) is 11.3 Å². The summed E-state index contributed by atoms with van der Waals surface area (Å²) >= 11 is 0. The van der Waals surface area contributed by atoms with E-state index in [1.54, 1.807) is 18.3 Å². The second-order valence-electron chi connectivity index (χ2n) is 8.53. The minimum absolute atomic E-state index is 0.108. The number of likely N-dealkylation sites (N-methyl/N-ethyl adjacent to an activating group) is 1. The summed E-state index contributed by atoms with van der Waals surface area (Å²) in [5, 5.41) is 15.4. The third-order valence-electron chi connectivity index (χ3n) is 6.33. The summed E-state index contributed by atoms with van der Waals surface area (Å²) in [7, 11) is 0. The molecule has 37 heavy (non-hydrogen) atoms. The van der Waals surface area contributed by atoms with E-state index in [1.165, 1.54) is 12.1 Å². The molecule has 1 unspecified atom stereocenters. The van der Waals surface area contributed by atoms with Crippen LogP contribution in [0.5, 0.6) is 0 Å². The molecule has 1 saturated heterocycles. The number of amides is 1. The van der Waals surface area contributed by atoms with Crippen LogP contribution in [0.3, 0.4) is 0 Å². The molecule has 2 aromatic heterocycles. The van der Waals surface area contributed by atoms with Gasteiger partial charge in [-0.3, -0.25) is 4.79 Å². The normalized spacial score (nSPS) is 15.8. The van der Waals surface area contributed by atoms with Crippen LogP contribution in [-0.4, -0.2) is 41.7 Å². The smallest absolute Gasteiger partial charge is 0.255 e. The third kappa shape index (κ3) is 5.54. The molecule has 9 heteroatoms. The molecule has 5 rings (SSSR count). The number of aromatic nitrogens is 2. The number of hydrogen-bond donors (Lipinski definition) is 2. The fourth-order valence-corrected chi connectivity index (χ4v) is 4.57. The molecule has 0 radical (unpaired) electrons. The van der Waals surface area contributed by atoms with Gasteiger partial charge in [0, 0.05) is 19.7 Å². The Morgan fingerprint density at radius 2 is 2.11 bits per heavy atom. The molecule has 192 valence electrons. The van der Waals surface area contributed by atoms with Crippen LogP contribution in [0.4, 0.5) is 21.6 Å². The van der Waals surface area contributed by atoms with Gasteiger partial charge in [0.15, 0.2) is 0 Å². The Balaban J connectivity index is 0.00000156. The van der Waals surface area contributed by atoms with Crippen molar-refractivity contribution in [1.29, 1.82) is 5.26 Å². The number of fused-ring (bicyclic) bond motifs is 1. The minimum Gasteiger partial charge on any atom is -0.376 e. The van der Waals surface area contributed by atoms with E-state index in [9.17, 15) is 14.4 Å². The summed E-state index contributed by atoms with van der Waals surface area (Å²) in [6, 6.07) is 11.7. The third-order valence-corrected chi connectivity index (χ3v) is 6.33. The van der Waals surface area contributed by atoms with Gasteiger partial charge < -0.3 is 20.3 Å². The predicted molar refractivity (Wildman–Crippen MR) is 141 cm³/mol. The van der Waals surface area contributed by atoms with Crippen molar-refractivity contribution in [3.05, 3.63) is 65.2 Å². The van der Waals surface area contributed by atoms with Crippen LogP contribution < -0.4 is 15.5 Å². The summed E-state index contributed by atoms with van der Waals surface area (Å²) in [5.74, 6) is -0.274. The molecule has 8 nitrogen and oxygen atoms in total. The van der Waals surface area contributed by atoms with Crippen molar-refractivity contribution in [3.8, 4) is 17.3 Å². The molecule has 2 N–H and O–H groups in total. The molecule has 1 amide bonds. The van der Waals surface area contributed by atoms with Crippen molar-refractivity contribution >= 4 is 23.1 Å². The molecule has 1 fully saturated rings. The molecule has 1 aromatic carbocycles. The molecule has 2 aliphatic rings. The first-order chi connectivity index (χ1) is 18.1. The lowest BCUT2D eigenvalue weighted by atomic mass is 10.0. The minimum atomic E-state index is -0.548. The average molecular weight is 503 g/mol. The van der Waals surface area contributed by atoms with Gasteiger partial charge in [0.25, 0.3) is 5.91 Å². The first kappa shape index (κ1) is 26.0. The van der Waals surface area contributed by atoms with Crippen LogP contribution >= 0.6 is 0 Å². The van der Waals surface area contributed by atoms with E-state index in [-0.39, 0.29) is 35.4 Å². The van der Waals surface area contributed by atoms with Gasteiger partial charge >= 0.3 is 0 Å². The van der Waals surface area contributed by atoms with Crippen LogP contribution in [0.25, 0.3) is 11.3 Å². The van der Waals surface area contributed by atoms with Gasteiger partial charge in [-0.2, -0.15) is 5.26 Å². The lowest BCUT2D eigenvalue weighted by molar-refractivity contribution is 0.0966. The van der Waals surface area contributed by atoms with E-state index in [4.69, 9.17) is 4.74 Å². The van der Waals surface area contributed by atoms with Gasteiger partial charge in [-0.15, -0.1) is 0 Å². The highest BCUT2D eigenvalue weighted by atomic mass is 19.1. The number of pyridine rings is 2. The van der Waals surface area contributed by atoms with Crippen LogP contribution in [0, 0.1) is 17.1 Å². The summed E-state index contributed by atoms with van der Waals surface area (Å²) in [6.45, 7) is 8.79. The summed E-state index contributed by atoms with van der Waals surface area (Å²) in [6.07, 6.45) is 4.18. The van der Waals surface area contributed by atoms with E-state index in [1.807, 2.05) is 32.0 Å². The van der Waals surface area contributed by atoms with E-state index in [0.29, 0.717) is 22.8 Å². The maximum absolute atomic E-state index is 14.7. The highest BCUT2D eigenvalue weighted by molar-refractivity contribution is 6.04. The number of nitrogens with zero attached hydrogens (tertiary/aromatic N) is 4. The lowest BCUT2D eigenvalue weighted by Gasteiger charge is -2.25. The molecule has 0 bridgehead atoms. The maximum atomic E-state index is 14.7. The van der Waals surface area contributed by atoms with Gasteiger partial charge in [-0.1, -0.05) is 19.9 Å². The molecule has 0 spiro atoms. The topological polar surface area (TPSA) is 103 Å². The number of anilines is 3. The molecule has 3 aromatic rings. The summed E-state index contributed by atoms with van der Waals surface area (Å²) < 4.78 is 20.5. The number of nitriles is 1. The van der Waals surface area contributed by atoms with Crippen molar-refractivity contribution in [3.63, 3.8) is 0 Å². The predicted octanol–water partition coefficient (Wildman–Crippen LogP) is 5.17. The van der Waals surface area contributed by atoms with Crippen molar-refractivity contribution in [2.75, 3.05) is 29.9 Å². The Hall–Kier alpha value is -4.03. The Morgan fingerprint density at radius 1 is 1.27 bits per heavy atom. The zero-order chi connectivity index (χ0) is 26.4. The number of carbonyl (C=O) groups is 1. The molecule has 1 atom stereocenters. The number of halogens is 1. The number of ether oxygens (including phenoxy) is 1. The number of rotatable bonds is 7. The monoisotopic (exact) mass is 502 g/mol. The standard InChI is InChI=1S/C26H25FN6O2.C2H6/c1-2-33(15-18-6-4-10-35-18)17-8-9-23(29-13-17)32-21-11-20(31-22-14-30-26(34)25(21)22)24-16(12-28)5-3-7-19(24)27;1-2/h3,5,7-9,11,13,18H,2,4,6,10,14-15H2,1H3,(H,30,34)(H,29,31,32);1-2H3. The highest BCUT2D eigenvalue weighted by Gasteiger charge is 2.27. The largest absolute Gasteiger partial charge is 0.376 e. The van der Waals surface area contributed by atoms with E-state index in [0.717, 1.165) is 38.2 Å². The maximum Gasteiger partial charge on any atom is 0.255 e. The fourth-order valence-electron chi connectivity index (χ4n) is 4.57. The lowest BCUT2D eigenvalue weighted by Crippen LogP contribution is -2.32. The second kappa shape index (κ2) is 11.8. The number of carbonyl (C=O) groups excluding carboxylic acids is 1. The van der Waals surface area contributed by atoms with Gasteiger partial charge in [0.1, 0.15) is 11.6 Å². The van der Waals surface area contributed by atoms with Gasteiger partial charge in [0.2, 0.25) is 0 Å². The first-order valence-electron chi connectivity index (χ1n) is 12.7. The zero-order valence-corrected chi connectivity index (χ0v) is 21.3. The summed E-state index contributed by atoms with van der Waals surface area (Å²) in [4.78, 5) is 23.8. The summed E-state index contributed by atoms with van der Waals surface area (Å²) in [5.41, 5.74) is 2.89. The van der Waals surface area contributed by atoms with Gasteiger partial charge in [0.05, 0.1) is 64.4 Å². The van der Waals surface area contributed by atoms with Gasteiger partial charge in [-0.05, 0) is 50.1 Å². The Kier molecular flexibility index (Phi) is 8.31. The van der Waals surface area contributed by atoms with Gasteiger partial charge in [-0.25, -0.2) is 14.4 Å². The zero-order valence-electron chi connectivity index (χ0n) is 21.3. The highest BCUT2D eigenvalue weighted by Crippen LogP contribution is 2.33. The van der Waals surface area contributed by atoms with Crippen molar-refractivity contribution in [2.24, 2.45) is 0 Å². The molecule has 0 aliphatic carbocycles. The number of hydrogen-bond acceptors (Lipinski definition) is 7. The fraction of sp³-hybridized carbons (Fsp3) is 0.357. The average Bonchev–Trinajstić information content (AvgIpc) is 3.58. The Bertz CT molecular complexity index is 1300. The van der Waals surface area contributed by atoms with E-state index >= 15 is 0 Å². The van der Waals surface area contributed by atoms with Crippen molar-refractivity contribution in [1.82, 2.24) is 15.3 Å². The van der Waals surface area contributed by atoms with Crippen LogP contribution in [0.1, 0.15) is 55.2 Å². The number of nitrogens with one attached hydrogen (secondary N) is 2. The quantitative estimate of drug-likeness (QED) is 0.459. The Morgan fingerprint density at radius 3 is 2.78 bits per heavy atom. The molecule has 0 saturated carbocycles. The molecular formula is C28H31FN6O2. The second-order valence-corrected chi connectivity index (χ2v) is 8.53. The van der Waals surface area contributed by atoms with E-state index in [2.05, 4.69) is 32.4 Å². The number of benzene rings is 1. The van der Waals surface area contributed by atoms with Crippen LogP contribution in [0.2, 0.25) is 0 Å².